The summed E-state index contributed by atoms with van der Waals surface area (Å²) < 4.78 is 0. The van der Waals surface area contributed by atoms with Crippen LogP contribution in [0.5, 0.6) is 0 Å². The number of carbonyl (C=O) groups excluding carboxylic acids is 2. The van der Waals surface area contributed by atoms with Crippen molar-refractivity contribution in [2.24, 2.45) is 11.8 Å². The van der Waals surface area contributed by atoms with E-state index >= 15 is 0 Å². The van der Waals surface area contributed by atoms with E-state index in [1.165, 1.54) is 0 Å². The highest BCUT2D eigenvalue weighted by atomic mass is 16.1. The highest BCUT2D eigenvalue weighted by Gasteiger charge is 2.38. The third-order valence-electron chi connectivity index (χ3n) is 2.95. The van der Waals surface area contributed by atoms with E-state index in [0.29, 0.717) is 12.3 Å². The van der Waals surface area contributed by atoms with Gasteiger partial charge in [0.1, 0.15) is 11.6 Å². The maximum absolute atomic E-state index is 11.4. The van der Waals surface area contributed by atoms with Crippen LogP contribution in [0.4, 0.5) is 0 Å². The smallest absolute Gasteiger partial charge is 0.143 e. The Hall–Kier alpha value is -0.660. The van der Waals surface area contributed by atoms with Crippen LogP contribution < -0.4 is 0 Å². The second-order valence-electron chi connectivity index (χ2n) is 4.46. The van der Waals surface area contributed by atoms with Crippen molar-refractivity contribution >= 4 is 11.6 Å². The molecule has 0 aromatic rings. The van der Waals surface area contributed by atoms with Crippen LogP contribution >= 0.6 is 0 Å². The fourth-order valence-electron chi connectivity index (χ4n) is 1.76. The molecular formula is C12H20O2. The Morgan fingerprint density at radius 1 is 1.29 bits per heavy atom. The molecule has 0 saturated heterocycles. The highest BCUT2D eigenvalue weighted by molar-refractivity contribution is 6.01. The molecule has 1 aliphatic carbocycles. The molecule has 0 radical (unpaired) electrons. The van der Waals surface area contributed by atoms with E-state index in [1.807, 2.05) is 0 Å². The lowest BCUT2D eigenvalue weighted by atomic mass is 10.0. The number of ketones is 2. The molecule has 1 saturated carbocycles. The predicted octanol–water partition coefficient (Wildman–Crippen LogP) is 2.75. The van der Waals surface area contributed by atoms with Gasteiger partial charge >= 0.3 is 0 Å². The zero-order chi connectivity index (χ0) is 10.6. The van der Waals surface area contributed by atoms with Crippen molar-refractivity contribution in [3.63, 3.8) is 0 Å². The summed E-state index contributed by atoms with van der Waals surface area (Å²) in [6.07, 6.45) is 4.96. The van der Waals surface area contributed by atoms with E-state index in [9.17, 15) is 9.59 Å². The molecule has 0 amide bonds. The lowest BCUT2D eigenvalue weighted by molar-refractivity contribution is -0.127. The van der Waals surface area contributed by atoms with Crippen LogP contribution in [0.1, 0.15) is 52.4 Å². The summed E-state index contributed by atoms with van der Waals surface area (Å²) in [4.78, 5) is 22.8. The van der Waals surface area contributed by atoms with Gasteiger partial charge in [-0.15, -0.1) is 0 Å². The van der Waals surface area contributed by atoms with Gasteiger partial charge in [0.05, 0.1) is 6.42 Å². The van der Waals surface area contributed by atoms with Crippen LogP contribution in [-0.4, -0.2) is 11.6 Å². The minimum atomic E-state index is 0.141. The molecule has 0 spiro atoms. The van der Waals surface area contributed by atoms with Gasteiger partial charge in [-0.2, -0.15) is 0 Å². The predicted molar refractivity (Wildman–Crippen MR) is 56.0 cm³/mol. The van der Waals surface area contributed by atoms with Crippen LogP contribution in [0, 0.1) is 11.8 Å². The Balaban J connectivity index is 2.10. The average molecular weight is 196 g/mol. The first-order valence-electron chi connectivity index (χ1n) is 5.69. The maximum Gasteiger partial charge on any atom is 0.143 e. The molecule has 2 unspecified atom stereocenters. The average Bonchev–Trinajstić information content (AvgIpc) is 2.83. The molecule has 0 bridgehead atoms. The van der Waals surface area contributed by atoms with Crippen molar-refractivity contribution < 1.29 is 9.59 Å². The fourth-order valence-corrected chi connectivity index (χ4v) is 1.76. The lowest BCUT2D eigenvalue weighted by Crippen LogP contribution is -2.09. The van der Waals surface area contributed by atoms with Crippen LogP contribution in [0.3, 0.4) is 0 Å². The molecule has 80 valence electrons. The van der Waals surface area contributed by atoms with Crippen LogP contribution in [-0.2, 0) is 9.59 Å². The molecule has 1 rings (SSSR count). The standard InChI is InChI=1S/C12H20O2/c1-3-4-5-6-10(13)8-12(14)11-7-9(11)2/h9,11H,3-8H2,1-2H3. The third-order valence-corrected chi connectivity index (χ3v) is 2.95. The summed E-state index contributed by atoms with van der Waals surface area (Å²) in [5.41, 5.74) is 0. The largest absolute Gasteiger partial charge is 0.299 e. The summed E-state index contributed by atoms with van der Waals surface area (Å²) in [7, 11) is 0. The van der Waals surface area contributed by atoms with Crippen molar-refractivity contribution in [3.8, 4) is 0 Å². The molecule has 1 fully saturated rings. The summed E-state index contributed by atoms with van der Waals surface area (Å²) in [5, 5.41) is 0. The summed E-state index contributed by atoms with van der Waals surface area (Å²) in [5.74, 6) is 1.07. The van der Waals surface area contributed by atoms with Crippen LogP contribution in [0.2, 0.25) is 0 Å². The summed E-state index contributed by atoms with van der Waals surface area (Å²) in [6, 6.07) is 0. The highest BCUT2D eigenvalue weighted by Crippen LogP contribution is 2.39. The number of carbonyl (C=O) groups is 2. The molecule has 14 heavy (non-hydrogen) atoms. The minimum Gasteiger partial charge on any atom is -0.299 e. The van der Waals surface area contributed by atoms with E-state index in [0.717, 1.165) is 25.7 Å². The minimum absolute atomic E-state index is 0.141. The van der Waals surface area contributed by atoms with E-state index < -0.39 is 0 Å². The Labute approximate surface area is 86.1 Å². The number of Topliss-reactive ketones (excluding diaryl/α,β-unsaturated/α-hetero) is 2. The van der Waals surface area contributed by atoms with Gasteiger partial charge in [-0.1, -0.05) is 26.7 Å². The van der Waals surface area contributed by atoms with Crippen molar-refractivity contribution in [1.82, 2.24) is 0 Å². The van der Waals surface area contributed by atoms with Gasteiger partial charge in [-0.25, -0.2) is 0 Å². The van der Waals surface area contributed by atoms with Crippen molar-refractivity contribution in [3.05, 3.63) is 0 Å². The molecule has 2 nitrogen and oxygen atoms in total. The fraction of sp³-hybridized carbons (Fsp3) is 0.833. The van der Waals surface area contributed by atoms with Gasteiger partial charge in [0.25, 0.3) is 0 Å². The molecule has 2 atom stereocenters. The summed E-state index contributed by atoms with van der Waals surface area (Å²) >= 11 is 0. The first-order valence-corrected chi connectivity index (χ1v) is 5.69. The molecule has 0 N–H and O–H groups in total. The zero-order valence-electron chi connectivity index (χ0n) is 9.21. The number of rotatable bonds is 7. The van der Waals surface area contributed by atoms with Crippen molar-refractivity contribution in [1.29, 1.82) is 0 Å². The van der Waals surface area contributed by atoms with Gasteiger partial charge in [0, 0.05) is 12.3 Å². The molecule has 1 aliphatic rings. The van der Waals surface area contributed by atoms with Gasteiger partial charge < -0.3 is 0 Å². The summed E-state index contributed by atoms with van der Waals surface area (Å²) in [6.45, 7) is 4.19. The van der Waals surface area contributed by atoms with Crippen LogP contribution in [0.25, 0.3) is 0 Å². The third kappa shape index (κ3) is 3.60. The SMILES string of the molecule is CCCCCC(=O)CC(=O)C1CC1C. The number of hydrogen-bond donors (Lipinski definition) is 0. The van der Waals surface area contributed by atoms with Crippen LogP contribution in [0.15, 0.2) is 0 Å². The zero-order valence-corrected chi connectivity index (χ0v) is 9.21. The van der Waals surface area contributed by atoms with Gasteiger partial charge in [0.2, 0.25) is 0 Å². The van der Waals surface area contributed by atoms with Crippen molar-refractivity contribution in [2.45, 2.75) is 52.4 Å². The first kappa shape index (κ1) is 11.4. The topological polar surface area (TPSA) is 34.1 Å². The monoisotopic (exact) mass is 196 g/mol. The maximum atomic E-state index is 11.4. The van der Waals surface area contributed by atoms with Gasteiger partial charge in [-0.3, -0.25) is 9.59 Å². The quantitative estimate of drug-likeness (QED) is 0.463. The van der Waals surface area contributed by atoms with E-state index in [1.54, 1.807) is 0 Å². The number of hydrogen-bond acceptors (Lipinski definition) is 2. The Kier molecular flexibility index (Phi) is 4.30. The first-order chi connectivity index (χ1) is 6.65. The number of unbranched alkanes of at least 4 members (excludes halogenated alkanes) is 2. The van der Waals surface area contributed by atoms with E-state index in [2.05, 4.69) is 13.8 Å². The molecule has 2 heteroatoms. The molecule has 0 aromatic carbocycles. The van der Waals surface area contributed by atoms with Crippen molar-refractivity contribution in [2.75, 3.05) is 0 Å². The van der Waals surface area contributed by atoms with Gasteiger partial charge in [0.15, 0.2) is 0 Å². The molecule has 0 heterocycles. The molecular weight excluding hydrogens is 176 g/mol. The lowest BCUT2D eigenvalue weighted by Gasteiger charge is -1.99. The van der Waals surface area contributed by atoms with E-state index in [4.69, 9.17) is 0 Å². The Bertz CT molecular complexity index is 220. The Morgan fingerprint density at radius 2 is 1.93 bits per heavy atom. The van der Waals surface area contributed by atoms with Gasteiger partial charge in [-0.05, 0) is 18.8 Å². The molecule has 0 aromatic heterocycles. The second-order valence-corrected chi connectivity index (χ2v) is 4.46. The second kappa shape index (κ2) is 5.28. The normalized spacial score (nSPS) is 24.7. The van der Waals surface area contributed by atoms with E-state index in [-0.39, 0.29) is 23.9 Å². The Morgan fingerprint density at radius 3 is 2.43 bits per heavy atom. The molecule has 0 aliphatic heterocycles.